The van der Waals surface area contributed by atoms with Crippen molar-refractivity contribution in [2.24, 2.45) is 0 Å². The lowest BCUT2D eigenvalue weighted by Gasteiger charge is -2.06. The van der Waals surface area contributed by atoms with Crippen LogP contribution in [0.15, 0.2) is 10.9 Å². The SMILES string of the molecule is CNCc1cc(C(F)(F)F)nc(=O)[nH]1. The van der Waals surface area contributed by atoms with Crippen LogP contribution in [0.1, 0.15) is 11.4 Å². The second-order valence-electron chi connectivity index (χ2n) is 2.62. The Labute approximate surface area is 77.2 Å². The van der Waals surface area contributed by atoms with E-state index in [0.717, 1.165) is 6.07 Å². The minimum Gasteiger partial charge on any atom is -0.314 e. The fourth-order valence-electron chi connectivity index (χ4n) is 0.939. The Kier molecular flexibility index (Phi) is 2.90. The molecule has 0 unspecified atom stereocenters. The molecule has 14 heavy (non-hydrogen) atoms. The fraction of sp³-hybridized carbons (Fsp3) is 0.429. The molecule has 78 valence electrons. The van der Waals surface area contributed by atoms with Crippen LogP contribution >= 0.6 is 0 Å². The maximum atomic E-state index is 12.2. The van der Waals surface area contributed by atoms with E-state index in [1.165, 1.54) is 0 Å². The van der Waals surface area contributed by atoms with Crippen LogP contribution in [0.5, 0.6) is 0 Å². The molecular formula is C7H8F3N3O. The van der Waals surface area contributed by atoms with Gasteiger partial charge in [-0.3, -0.25) is 0 Å². The molecule has 2 N–H and O–H groups in total. The number of nitrogens with one attached hydrogen (secondary N) is 2. The molecule has 1 aromatic heterocycles. The number of halogens is 3. The van der Waals surface area contributed by atoms with E-state index in [4.69, 9.17) is 0 Å². The third kappa shape index (κ3) is 2.56. The van der Waals surface area contributed by atoms with Crippen molar-refractivity contribution in [1.82, 2.24) is 15.3 Å². The Balaban J connectivity index is 3.14. The molecule has 0 atom stereocenters. The highest BCUT2D eigenvalue weighted by Crippen LogP contribution is 2.26. The van der Waals surface area contributed by atoms with Gasteiger partial charge in [-0.05, 0) is 13.1 Å². The van der Waals surface area contributed by atoms with Crippen molar-refractivity contribution in [2.75, 3.05) is 7.05 Å². The van der Waals surface area contributed by atoms with Crippen molar-refractivity contribution in [3.8, 4) is 0 Å². The third-order valence-electron chi connectivity index (χ3n) is 1.46. The van der Waals surface area contributed by atoms with Gasteiger partial charge in [0.05, 0.1) is 0 Å². The van der Waals surface area contributed by atoms with E-state index in [9.17, 15) is 18.0 Å². The second-order valence-corrected chi connectivity index (χ2v) is 2.62. The molecule has 0 bridgehead atoms. The minimum atomic E-state index is -4.59. The average molecular weight is 207 g/mol. The van der Waals surface area contributed by atoms with Gasteiger partial charge in [-0.25, -0.2) is 4.79 Å². The van der Waals surface area contributed by atoms with Gasteiger partial charge in [0.15, 0.2) is 5.69 Å². The van der Waals surface area contributed by atoms with Crippen LogP contribution in [-0.2, 0) is 12.7 Å². The number of alkyl halides is 3. The summed E-state index contributed by atoms with van der Waals surface area (Å²) < 4.78 is 36.5. The van der Waals surface area contributed by atoms with Crippen LogP contribution in [0.4, 0.5) is 13.2 Å². The Morgan fingerprint density at radius 1 is 1.57 bits per heavy atom. The predicted molar refractivity (Wildman–Crippen MR) is 42.6 cm³/mol. The highest BCUT2D eigenvalue weighted by atomic mass is 19.4. The van der Waals surface area contributed by atoms with Crippen LogP contribution in [0, 0.1) is 0 Å². The average Bonchev–Trinajstić information content (AvgIpc) is 2.02. The van der Waals surface area contributed by atoms with Crippen LogP contribution < -0.4 is 11.0 Å². The van der Waals surface area contributed by atoms with Gasteiger partial charge < -0.3 is 10.3 Å². The molecule has 0 aliphatic carbocycles. The molecule has 1 heterocycles. The van der Waals surface area contributed by atoms with Crippen LogP contribution in [0.25, 0.3) is 0 Å². The number of hydrogen-bond acceptors (Lipinski definition) is 3. The summed E-state index contributed by atoms with van der Waals surface area (Å²) in [6, 6.07) is 0.803. The predicted octanol–water partition coefficient (Wildman–Crippen LogP) is 0.508. The number of rotatable bonds is 2. The molecule has 0 spiro atoms. The third-order valence-corrected chi connectivity index (χ3v) is 1.46. The van der Waals surface area contributed by atoms with Crippen LogP contribution in [-0.4, -0.2) is 17.0 Å². The molecule has 0 amide bonds. The first kappa shape index (κ1) is 10.7. The molecule has 0 aliphatic heterocycles. The normalized spacial score (nSPS) is 11.7. The molecule has 0 saturated carbocycles. The highest BCUT2D eigenvalue weighted by molar-refractivity contribution is 5.10. The minimum absolute atomic E-state index is 0.153. The van der Waals surface area contributed by atoms with Crippen molar-refractivity contribution in [3.05, 3.63) is 27.9 Å². The summed E-state index contributed by atoms with van der Waals surface area (Å²) in [6.07, 6.45) is -4.59. The number of aromatic amines is 1. The lowest BCUT2D eigenvalue weighted by atomic mass is 10.3. The standard InChI is InChI=1S/C7H8F3N3O/c1-11-3-4-2-5(7(8,9)10)13-6(14)12-4/h2,11H,3H2,1H3,(H,12,13,14). The molecule has 0 fully saturated rings. The van der Waals surface area contributed by atoms with Crippen molar-refractivity contribution in [3.63, 3.8) is 0 Å². The molecule has 0 saturated heterocycles. The molecule has 4 nitrogen and oxygen atoms in total. The van der Waals surface area contributed by atoms with Crippen molar-refractivity contribution < 1.29 is 13.2 Å². The summed E-state index contributed by atoms with van der Waals surface area (Å²) >= 11 is 0. The van der Waals surface area contributed by atoms with Crippen LogP contribution in [0.3, 0.4) is 0 Å². The first-order valence-corrected chi connectivity index (χ1v) is 3.75. The van der Waals surface area contributed by atoms with E-state index < -0.39 is 17.6 Å². The van der Waals surface area contributed by atoms with Crippen molar-refractivity contribution in [1.29, 1.82) is 0 Å². The van der Waals surface area contributed by atoms with E-state index in [1.54, 1.807) is 7.05 Å². The van der Waals surface area contributed by atoms with Crippen molar-refractivity contribution in [2.45, 2.75) is 12.7 Å². The van der Waals surface area contributed by atoms with E-state index in [-0.39, 0.29) is 12.2 Å². The van der Waals surface area contributed by atoms with Gasteiger partial charge in [0, 0.05) is 12.2 Å². The quantitative estimate of drug-likeness (QED) is 0.742. The van der Waals surface area contributed by atoms with Gasteiger partial charge in [-0.1, -0.05) is 0 Å². The molecule has 0 aromatic carbocycles. The van der Waals surface area contributed by atoms with Gasteiger partial charge in [0.25, 0.3) is 0 Å². The number of H-pyrrole nitrogens is 1. The molecule has 7 heteroatoms. The van der Waals surface area contributed by atoms with E-state index in [2.05, 4.69) is 15.3 Å². The molecule has 1 rings (SSSR count). The highest BCUT2D eigenvalue weighted by Gasteiger charge is 2.33. The summed E-state index contributed by atoms with van der Waals surface area (Å²) in [7, 11) is 1.56. The lowest BCUT2D eigenvalue weighted by molar-refractivity contribution is -0.141. The monoisotopic (exact) mass is 207 g/mol. The summed E-state index contributed by atoms with van der Waals surface area (Å²) in [5, 5.41) is 2.62. The van der Waals surface area contributed by atoms with Gasteiger partial charge in [0.2, 0.25) is 0 Å². The zero-order valence-corrected chi connectivity index (χ0v) is 7.27. The summed E-state index contributed by atoms with van der Waals surface area (Å²) in [5.41, 5.74) is -2.02. The maximum Gasteiger partial charge on any atom is 0.433 e. The van der Waals surface area contributed by atoms with E-state index >= 15 is 0 Å². The van der Waals surface area contributed by atoms with Gasteiger partial charge in [0.1, 0.15) is 0 Å². The zero-order chi connectivity index (χ0) is 10.8. The number of nitrogens with zero attached hydrogens (tertiary/aromatic N) is 1. The number of aromatic nitrogens is 2. The fourth-order valence-corrected chi connectivity index (χ4v) is 0.939. The van der Waals surface area contributed by atoms with Crippen LogP contribution in [0.2, 0.25) is 0 Å². The molecular weight excluding hydrogens is 199 g/mol. The Bertz CT molecular complexity index is 371. The molecule has 0 aliphatic rings. The smallest absolute Gasteiger partial charge is 0.314 e. The lowest BCUT2D eigenvalue weighted by Crippen LogP contribution is -2.22. The van der Waals surface area contributed by atoms with Gasteiger partial charge in [-0.15, -0.1) is 0 Å². The van der Waals surface area contributed by atoms with Gasteiger partial charge in [-0.2, -0.15) is 18.2 Å². The Morgan fingerprint density at radius 3 is 2.71 bits per heavy atom. The first-order chi connectivity index (χ1) is 6.43. The largest absolute Gasteiger partial charge is 0.433 e. The number of hydrogen-bond donors (Lipinski definition) is 2. The van der Waals surface area contributed by atoms with E-state index in [1.807, 2.05) is 0 Å². The molecule has 1 aromatic rings. The maximum absolute atomic E-state index is 12.2. The van der Waals surface area contributed by atoms with Crippen molar-refractivity contribution >= 4 is 0 Å². The zero-order valence-electron chi connectivity index (χ0n) is 7.27. The first-order valence-electron chi connectivity index (χ1n) is 3.75. The Morgan fingerprint density at radius 2 is 2.21 bits per heavy atom. The van der Waals surface area contributed by atoms with E-state index in [0.29, 0.717) is 0 Å². The second kappa shape index (κ2) is 3.79. The summed E-state index contributed by atoms with van der Waals surface area (Å²) in [4.78, 5) is 15.8. The topological polar surface area (TPSA) is 57.8 Å². The van der Waals surface area contributed by atoms with Gasteiger partial charge >= 0.3 is 11.9 Å². The summed E-state index contributed by atoms with van der Waals surface area (Å²) in [5.74, 6) is 0. The molecule has 0 radical (unpaired) electrons. The summed E-state index contributed by atoms with van der Waals surface area (Å²) in [6.45, 7) is 0.154. The Hall–Kier alpha value is -1.37.